The lowest BCUT2D eigenvalue weighted by Gasteiger charge is -2.31. The first-order valence-corrected chi connectivity index (χ1v) is 5.97. The molecule has 3 nitrogen and oxygen atoms in total. The maximum absolute atomic E-state index is 6.03. The fraction of sp³-hybridized carbons (Fsp3) is 0.833. The fourth-order valence-corrected chi connectivity index (χ4v) is 4.67. The average Bonchev–Trinajstić information content (AvgIpc) is 2.80. The summed E-state index contributed by atoms with van der Waals surface area (Å²) in [6.45, 7) is 2.18. The standard InChI is InChI=1S/C12H14O3/c1-4-2-7-8-5-3-6-9(8)10(4)14-12(6)15-11(5)13-7/h2,5-12H,3H2,1H3/t5-,6+,7+,8+,9+,10-,11-,12+/m1/s1. The van der Waals surface area contributed by atoms with Crippen molar-refractivity contribution in [3.05, 3.63) is 11.6 Å². The highest BCUT2D eigenvalue weighted by molar-refractivity contribution is 5.26. The summed E-state index contributed by atoms with van der Waals surface area (Å²) < 4.78 is 17.9. The highest BCUT2D eigenvalue weighted by Gasteiger charge is 2.68. The second-order valence-corrected chi connectivity index (χ2v) is 5.66. The van der Waals surface area contributed by atoms with Crippen LogP contribution in [0.4, 0.5) is 0 Å². The zero-order valence-electron chi connectivity index (χ0n) is 8.63. The van der Waals surface area contributed by atoms with Gasteiger partial charge in [0.25, 0.3) is 0 Å². The number of hydrogen-bond donors (Lipinski definition) is 0. The molecule has 80 valence electrons. The van der Waals surface area contributed by atoms with Crippen LogP contribution in [0.5, 0.6) is 0 Å². The van der Waals surface area contributed by atoms with E-state index < -0.39 is 0 Å². The Bertz CT molecular complexity index is 377. The Morgan fingerprint density at radius 3 is 2.80 bits per heavy atom. The third kappa shape index (κ3) is 0.690. The maximum Gasteiger partial charge on any atom is 0.164 e. The smallest absolute Gasteiger partial charge is 0.164 e. The lowest BCUT2D eigenvalue weighted by molar-refractivity contribution is -0.267. The van der Waals surface area contributed by atoms with Gasteiger partial charge in [-0.15, -0.1) is 0 Å². The lowest BCUT2D eigenvalue weighted by atomic mass is 9.75. The predicted molar refractivity (Wildman–Crippen MR) is 50.7 cm³/mol. The van der Waals surface area contributed by atoms with E-state index in [1.807, 2.05) is 0 Å². The van der Waals surface area contributed by atoms with Crippen LogP contribution >= 0.6 is 0 Å². The van der Waals surface area contributed by atoms with Gasteiger partial charge in [-0.1, -0.05) is 6.08 Å². The van der Waals surface area contributed by atoms with Gasteiger partial charge in [-0.3, -0.25) is 0 Å². The van der Waals surface area contributed by atoms with Crippen LogP contribution < -0.4 is 0 Å². The molecule has 4 fully saturated rings. The molecule has 2 aliphatic carbocycles. The molecule has 2 bridgehead atoms. The van der Waals surface area contributed by atoms with E-state index in [0.29, 0.717) is 35.9 Å². The summed E-state index contributed by atoms with van der Waals surface area (Å²) in [4.78, 5) is 0. The molecule has 0 radical (unpaired) electrons. The van der Waals surface area contributed by atoms with Crippen molar-refractivity contribution >= 4 is 0 Å². The minimum atomic E-state index is 0.0219. The minimum Gasteiger partial charge on any atom is -0.345 e. The van der Waals surface area contributed by atoms with Crippen LogP contribution in [0.2, 0.25) is 0 Å². The van der Waals surface area contributed by atoms with Gasteiger partial charge in [-0.25, -0.2) is 0 Å². The van der Waals surface area contributed by atoms with Gasteiger partial charge in [0.1, 0.15) is 0 Å². The Labute approximate surface area is 88.4 Å². The van der Waals surface area contributed by atoms with Gasteiger partial charge in [-0.05, 0) is 18.9 Å². The summed E-state index contributed by atoms with van der Waals surface area (Å²) in [7, 11) is 0. The molecule has 0 unspecified atom stereocenters. The van der Waals surface area contributed by atoms with Crippen LogP contribution in [0.3, 0.4) is 0 Å². The summed E-state index contributed by atoms with van der Waals surface area (Å²) >= 11 is 0. The number of ether oxygens (including phenoxy) is 3. The van der Waals surface area contributed by atoms with E-state index in [2.05, 4.69) is 13.0 Å². The van der Waals surface area contributed by atoms with Crippen molar-refractivity contribution in [2.24, 2.45) is 23.7 Å². The summed E-state index contributed by atoms with van der Waals surface area (Å²) in [6, 6.07) is 0. The monoisotopic (exact) mass is 206 g/mol. The molecule has 3 saturated heterocycles. The molecule has 0 aromatic carbocycles. The normalized spacial score (nSPS) is 67.7. The molecule has 3 heterocycles. The summed E-state index contributed by atoms with van der Waals surface area (Å²) in [6.07, 6.45) is 4.22. The molecule has 0 spiro atoms. The van der Waals surface area contributed by atoms with Crippen LogP contribution in [0.15, 0.2) is 11.6 Å². The van der Waals surface area contributed by atoms with Crippen molar-refractivity contribution in [1.29, 1.82) is 0 Å². The largest absolute Gasteiger partial charge is 0.345 e. The highest BCUT2D eigenvalue weighted by Crippen LogP contribution is 2.63. The predicted octanol–water partition coefficient (Wildman–Crippen LogP) is 1.29. The molecule has 0 N–H and O–H groups in total. The maximum atomic E-state index is 6.03. The van der Waals surface area contributed by atoms with Crippen molar-refractivity contribution in [1.82, 2.24) is 0 Å². The van der Waals surface area contributed by atoms with E-state index in [-0.39, 0.29) is 12.6 Å². The van der Waals surface area contributed by atoms with Gasteiger partial charge < -0.3 is 14.2 Å². The third-order valence-electron chi connectivity index (χ3n) is 5.12. The molecule has 1 saturated carbocycles. The quantitative estimate of drug-likeness (QED) is 0.559. The second kappa shape index (κ2) is 2.17. The molecule has 0 aromatic heterocycles. The number of rotatable bonds is 0. The van der Waals surface area contributed by atoms with Crippen LogP contribution in [-0.2, 0) is 14.2 Å². The van der Waals surface area contributed by atoms with Crippen molar-refractivity contribution in [3.8, 4) is 0 Å². The molecular formula is C12H14O3. The lowest BCUT2D eigenvalue weighted by Crippen LogP contribution is -2.36. The Hall–Kier alpha value is -0.380. The van der Waals surface area contributed by atoms with Crippen molar-refractivity contribution in [2.75, 3.05) is 0 Å². The van der Waals surface area contributed by atoms with Gasteiger partial charge in [-0.2, -0.15) is 0 Å². The van der Waals surface area contributed by atoms with E-state index in [9.17, 15) is 0 Å². The molecule has 0 amide bonds. The van der Waals surface area contributed by atoms with E-state index >= 15 is 0 Å². The Balaban J connectivity index is 1.78. The van der Waals surface area contributed by atoms with Crippen LogP contribution in [0, 0.1) is 23.7 Å². The van der Waals surface area contributed by atoms with Gasteiger partial charge in [0.15, 0.2) is 12.6 Å². The van der Waals surface area contributed by atoms with Gasteiger partial charge in [0.05, 0.1) is 12.2 Å². The van der Waals surface area contributed by atoms with Crippen LogP contribution in [0.1, 0.15) is 13.3 Å². The Kier molecular flexibility index (Phi) is 1.13. The van der Waals surface area contributed by atoms with Gasteiger partial charge in [0.2, 0.25) is 0 Å². The zero-order valence-corrected chi connectivity index (χ0v) is 8.63. The SMILES string of the molecule is CC1=C[C@@H]2O[C@@H]3O[C@@H]4O[C@H]1[C@H]1[C@@H]4C[C@@H]3[C@H]12. The van der Waals surface area contributed by atoms with Crippen LogP contribution in [0.25, 0.3) is 0 Å². The first-order valence-electron chi connectivity index (χ1n) is 5.97. The van der Waals surface area contributed by atoms with Crippen molar-refractivity contribution < 1.29 is 14.2 Å². The molecule has 8 atom stereocenters. The third-order valence-corrected chi connectivity index (χ3v) is 5.12. The first kappa shape index (κ1) is 7.82. The molecule has 5 aliphatic rings. The highest BCUT2D eigenvalue weighted by atomic mass is 16.8. The van der Waals surface area contributed by atoms with Gasteiger partial charge >= 0.3 is 0 Å². The number of hydrogen-bond acceptors (Lipinski definition) is 3. The fourth-order valence-electron chi connectivity index (χ4n) is 4.67. The Morgan fingerprint density at radius 1 is 1.07 bits per heavy atom. The van der Waals surface area contributed by atoms with E-state index in [4.69, 9.17) is 14.2 Å². The first-order chi connectivity index (χ1) is 7.33. The molecule has 15 heavy (non-hydrogen) atoms. The molecule has 0 aromatic rings. The van der Waals surface area contributed by atoms with Gasteiger partial charge in [0, 0.05) is 23.7 Å². The van der Waals surface area contributed by atoms with E-state index in [1.54, 1.807) is 0 Å². The summed E-state index contributed by atoms with van der Waals surface area (Å²) in [5.74, 6) is 2.66. The molecule has 3 aliphatic heterocycles. The molecule has 3 heteroatoms. The van der Waals surface area contributed by atoms with Crippen LogP contribution in [-0.4, -0.2) is 24.8 Å². The Morgan fingerprint density at radius 2 is 1.87 bits per heavy atom. The van der Waals surface area contributed by atoms with Crippen molar-refractivity contribution in [3.63, 3.8) is 0 Å². The topological polar surface area (TPSA) is 27.7 Å². The molecular weight excluding hydrogens is 192 g/mol. The summed E-state index contributed by atoms with van der Waals surface area (Å²) in [5, 5.41) is 0. The minimum absolute atomic E-state index is 0.0219. The average molecular weight is 206 g/mol. The summed E-state index contributed by atoms with van der Waals surface area (Å²) in [5.41, 5.74) is 1.36. The van der Waals surface area contributed by atoms with Crippen molar-refractivity contribution in [2.45, 2.75) is 38.1 Å². The second-order valence-electron chi connectivity index (χ2n) is 5.66. The zero-order chi connectivity index (χ0) is 9.73. The van der Waals surface area contributed by atoms with E-state index in [0.717, 1.165) is 0 Å². The molecule has 5 rings (SSSR count). The van der Waals surface area contributed by atoms with E-state index in [1.165, 1.54) is 12.0 Å².